The van der Waals surface area contributed by atoms with Gasteiger partial charge in [-0.05, 0) is 42.2 Å². The fourth-order valence-corrected chi connectivity index (χ4v) is 3.33. The summed E-state index contributed by atoms with van der Waals surface area (Å²) in [5.74, 6) is 0.687. The van der Waals surface area contributed by atoms with Crippen LogP contribution in [0.15, 0.2) is 36.4 Å². The van der Waals surface area contributed by atoms with Gasteiger partial charge in [0.15, 0.2) is 0 Å². The Kier molecular flexibility index (Phi) is 3.94. The third-order valence-corrected chi connectivity index (χ3v) is 4.59. The fraction of sp³-hybridized carbons (Fsp3) is 0.316. The SMILES string of the molecule is O=C1Cc2c(ccc3c2O[C@H](CNCc2ccc(F)cc2)CC3)N1. The second-order valence-electron chi connectivity index (χ2n) is 6.34. The van der Waals surface area contributed by atoms with Gasteiger partial charge in [0.05, 0.1) is 6.42 Å². The van der Waals surface area contributed by atoms with Gasteiger partial charge < -0.3 is 15.4 Å². The van der Waals surface area contributed by atoms with Gasteiger partial charge in [0, 0.05) is 24.3 Å². The minimum absolute atomic E-state index is 0.0264. The van der Waals surface area contributed by atoms with E-state index in [2.05, 4.69) is 10.6 Å². The molecular formula is C19H19FN2O2. The number of anilines is 1. The molecule has 0 unspecified atom stereocenters. The molecule has 2 heterocycles. The van der Waals surface area contributed by atoms with Crippen LogP contribution in [-0.2, 0) is 24.2 Å². The number of halogens is 1. The molecule has 124 valence electrons. The molecule has 2 aliphatic heterocycles. The maximum Gasteiger partial charge on any atom is 0.229 e. The van der Waals surface area contributed by atoms with Crippen LogP contribution in [0.25, 0.3) is 0 Å². The van der Waals surface area contributed by atoms with Crippen molar-refractivity contribution in [1.82, 2.24) is 5.32 Å². The number of ether oxygens (including phenoxy) is 1. The number of amides is 1. The molecule has 5 heteroatoms. The first-order valence-corrected chi connectivity index (χ1v) is 8.25. The van der Waals surface area contributed by atoms with Crippen LogP contribution in [-0.4, -0.2) is 18.6 Å². The van der Waals surface area contributed by atoms with Gasteiger partial charge in [-0.15, -0.1) is 0 Å². The summed E-state index contributed by atoms with van der Waals surface area (Å²) in [5.41, 5.74) is 4.09. The van der Waals surface area contributed by atoms with E-state index in [-0.39, 0.29) is 17.8 Å². The van der Waals surface area contributed by atoms with Gasteiger partial charge in [0.1, 0.15) is 17.7 Å². The third kappa shape index (κ3) is 2.99. The average Bonchev–Trinajstić information content (AvgIpc) is 2.97. The van der Waals surface area contributed by atoms with Gasteiger partial charge in [0.25, 0.3) is 0 Å². The van der Waals surface area contributed by atoms with Crippen LogP contribution in [0, 0.1) is 5.82 Å². The number of hydrogen-bond acceptors (Lipinski definition) is 3. The van der Waals surface area contributed by atoms with Gasteiger partial charge in [-0.25, -0.2) is 4.39 Å². The van der Waals surface area contributed by atoms with E-state index in [1.807, 2.05) is 12.1 Å². The van der Waals surface area contributed by atoms with Crippen molar-refractivity contribution < 1.29 is 13.9 Å². The molecule has 2 N–H and O–H groups in total. The molecule has 0 aromatic heterocycles. The second kappa shape index (κ2) is 6.24. The summed E-state index contributed by atoms with van der Waals surface area (Å²) >= 11 is 0. The predicted octanol–water partition coefficient (Wildman–Crippen LogP) is 2.80. The second-order valence-corrected chi connectivity index (χ2v) is 6.34. The summed E-state index contributed by atoms with van der Waals surface area (Å²) in [6.45, 7) is 1.40. The Hall–Kier alpha value is -2.40. The Morgan fingerprint density at radius 2 is 2.04 bits per heavy atom. The Morgan fingerprint density at radius 3 is 2.88 bits per heavy atom. The lowest BCUT2D eigenvalue weighted by atomic mass is 9.97. The molecule has 0 saturated heterocycles. The smallest absolute Gasteiger partial charge is 0.229 e. The molecule has 2 aliphatic rings. The molecule has 4 nitrogen and oxygen atoms in total. The first kappa shape index (κ1) is 15.1. The molecule has 1 amide bonds. The Labute approximate surface area is 140 Å². The number of fused-ring (bicyclic) bond motifs is 3. The monoisotopic (exact) mass is 326 g/mol. The quantitative estimate of drug-likeness (QED) is 0.908. The van der Waals surface area contributed by atoms with E-state index in [0.29, 0.717) is 13.0 Å². The van der Waals surface area contributed by atoms with Gasteiger partial charge in [-0.2, -0.15) is 0 Å². The molecule has 1 atom stereocenters. The normalized spacial score (nSPS) is 18.5. The van der Waals surface area contributed by atoms with Crippen LogP contribution < -0.4 is 15.4 Å². The summed E-state index contributed by atoms with van der Waals surface area (Å²) in [6.07, 6.45) is 2.39. The van der Waals surface area contributed by atoms with Crippen molar-refractivity contribution in [1.29, 1.82) is 0 Å². The van der Waals surface area contributed by atoms with Crippen molar-refractivity contribution in [3.63, 3.8) is 0 Å². The number of carbonyl (C=O) groups is 1. The Bertz CT molecular complexity index is 774. The average molecular weight is 326 g/mol. The molecule has 2 aromatic carbocycles. The lowest BCUT2D eigenvalue weighted by molar-refractivity contribution is -0.115. The van der Waals surface area contributed by atoms with E-state index in [1.54, 1.807) is 12.1 Å². The summed E-state index contributed by atoms with van der Waals surface area (Å²) in [6, 6.07) is 10.5. The summed E-state index contributed by atoms with van der Waals surface area (Å²) in [5, 5.41) is 6.23. The molecule has 0 fully saturated rings. The van der Waals surface area contributed by atoms with Crippen LogP contribution in [0.5, 0.6) is 5.75 Å². The summed E-state index contributed by atoms with van der Waals surface area (Å²) < 4.78 is 19.1. The minimum Gasteiger partial charge on any atom is -0.488 e. The van der Waals surface area contributed by atoms with E-state index in [0.717, 1.165) is 42.0 Å². The topological polar surface area (TPSA) is 50.4 Å². The molecule has 4 rings (SSSR count). The molecule has 0 bridgehead atoms. The van der Waals surface area contributed by atoms with Crippen LogP contribution in [0.2, 0.25) is 0 Å². The summed E-state index contributed by atoms with van der Waals surface area (Å²) in [4.78, 5) is 11.6. The number of rotatable bonds is 4. The maximum atomic E-state index is 12.9. The van der Waals surface area contributed by atoms with E-state index >= 15 is 0 Å². The minimum atomic E-state index is -0.219. The molecule has 0 aliphatic carbocycles. The summed E-state index contributed by atoms with van der Waals surface area (Å²) in [7, 11) is 0. The third-order valence-electron chi connectivity index (χ3n) is 4.59. The number of carbonyl (C=O) groups excluding carboxylic acids is 1. The highest BCUT2D eigenvalue weighted by molar-refractivity contribution is 6.00. The van der Waals surface area contributed by atoms with Crippen LogP contribution in [0.3, 0.4) is 0 Å². The first-order valence-electron chi connectivity index (χ1n) is 8.25. The van der Waals surface area contributed by atoms with Gasteiger partial charge >= 0.3 is 0 Å². The van der Waals surface area contributed by atoms with Crippen molar-refractivity contribution in [2.75, 3.05) is 11.9 Å². The first-order chi connectivity index (χ1) is 11.7. The van der Waals surface area contributed by atoms with Crippen LogP contribution >= 0.6 is 0 Å². The van der Waals surface area contributed by atoms with Crippen molar-refractivity contribution in [3.05, 3.63) is 58.9 Å². The molecule has 2 aromatic rings. The lowest BCUT2D eigenvalue weighted by Gasteiger charge is -2.28. The van der Waals surface area contributed by atoms with Crippen molar-refractivity contribution in [2.45, 2.75) is 31.9 Å². The predicted molar refractivity (Wildman–Crippen MR) is 89.6 cm³/mol. The molecule has 0 saturated carbocycles. The van der Waals surface area contributed by atoms with E-state index in [4.69, 9.17) is 4.74 Å². The van der Waals surface area contributed by atoms with Crippen LogP contribution in [0.4, 0.5) is 10.1 Å². The number of nitrogens with one attached hydrogen (secondary N) is 2. The zero-order valence-electron chi connectivity index (χ0n) is 13.3. The van der Waals surface area contributed by atoms with E-state index in [9.17, 15) is 9.18 Å². The largest absolute Gasteiger partial charge is 0.488 e. The molecule has 0 radical (unpaired) electrons. The highest BCUT2D eigenvalue weighted by Crippen LogP contribution is 2.38. The van der Waals surface area contributed by atoms with Crippen molar-refractivity contribution in [3.8, 4) is 5.75 Å². The van der Waals surface area contributed by atoms with Crippen molar-refractivity contribution in [2.24, 2.45) is 0 Å². The van der Waals surface area contributed by atoms with Gasteiger partial charge in [-0.3, -0.25) is 4.79 Å². The zero-order chi connectivity index (χ0) is 16.5. The van der Waals surface area contributed by atoms with Gasteiger partial charge in [0.2, 0.25) is 5.91 Å². The highest BCUT2D eigenvalue weighted by Gasteiger charge is 2.28. The number of hydrogen-bond donors (Lipinski definition) is 2. The molecule has 0 spiro atoms. The van der Waals surface area contributed by atoms with Gasteiger partial charge in [-0.1, -0.05) is 18.2 Å². The number of benzene rings is 2. The van der Waals surface area contributed by atoms with E-state index in [1.165, 1.54) is 17.7 Å². The van der Waals surface area contributed by atoms with Crippen molar-refractivity contribution >= 4 is 11.6 Å². The lowest BCUT2D eigenvalue weighted by Crippen LogP contribution is -2.34. The number of aryl methyl sites for hydroxylation is 1. The highest BCUT2D eigenvalue weighted by atomic mass is 19.1. The maximum absolute atomic E-state index is 12.9. The van der Waals surface area contributed by atoms with E-state index < -0.39 is 0 Å². The Morgan fingerprint density at radius 1 is 1.21 bits per heavy atom. The molecule has 24 heavy (non-hydrogen) atoms. The fourth-order valence-electron chi connectivity index (χ4n) is 3.33. The zero-order valence-corrected chi connectivity index (χ0v) is 13.3. The van der Waals surface area contributed by atoms with Crippen LogP contribution in [0.1, 0.15) is 23.1 Å². The standard InChI is InChI=1S/C19H19FN2O2/c20-14-5-1-12(2-6-14)10-21-11-15-7-3-13-4-8-17-16(19(13)24-15)9-18(23)22-17/h1-2,4-6,8,15,21H,3,7,9-11H2,(H,22,23)/t15-/m0/s1. The molecular weight excluding hydrogens is 307 g/mol. The Balaban J connectivity index is 1.39.